The highest BCUT2D eigenvalue weighted by Crippen LogP contribution is 2.27. The van der Waals surface area contributed by atoms with Crippen molar-refractivity contribution in [2.24, 2.45) is 0 Å². The summed E-state index contributed by atoms with van der Waals surface area (Å²) in [6, 6.07) is 10.9. The first-order valence-corrected chi connectivity index (χ1v) is 6.40. The van der Waals surface area contributed by atoms with Crippen LogP contribution in [0.5, 0.6) is 0 Å². The fourth-order valence-corrected chi connectivity index (χ4v) is 2.07. The molecule has 2 aromatic carbocycles. The maximum absolute atomic E-state index is 11.5. The minimum Gasteiger partial charge on any atom is -0.465 e. The van der Waals surface area contributed by atoms with Gasteiger partial charge in [-0.05, 0) is 35.7 Å². The third-order valence-electron chi connectivity index (χ3n) is 3.09. The van der Waals surface area contributed by atoms with Crippen LogP contribution < -0.4 is 11.5 Å². The molecule has 0 atom stereocenters. The summed E-state index contributed by atoms with van der Waals surface area (Å²) in [5.41, 5.74) is 14.7. The molecule has 4 N–H and O–H groups in total. The van der Waals surface area contributed by atoms with Gasteiger partial charge in [0.15, 0.2) is 0 Å². The quantitative estimate of drug-likeness (QED) is 0.673. The van der Waals surface area contributed by atoms with Crippen LogP contribution in [0.15, 0.2) is 36.4 Å². The lowest BCUT2D eigenvalue weighted by molar-refractivity contribution is 0.0602. The highest BCUT2D eigenvalue weighted by Gasteiger charge is 2.14. The fraction of sp³-hybridized carbons (Fsp3) is 0.133. The first-order valence-electron chi connectivity index (χ1n) is 6.02. The molecule has 0 amide bonds. The molecule has 0 aliphatic heterocycles. The van der Waals surface area contributed by atoms with Crippen LogP contribution >= 0.6 is 11.6 Å². The lowest BCUT2D eigenvalue weighted by Gasteiger charge is -2.12. The van der Waals surface area contributed by atoms with Crippen LogP contribution in [0.4, 0.5) is 11.4 Å². The molecule has 0 unspecified atom stereocenters. The molecule has 0 spiro atoms. The molecule has 0 fully saturated rings. The standard InChI is InChI=1S/C15H15ClN2O2/c1-20-15(19)12-7-4-10(13(17)14(12)18)8-9-2-5-11(16)6-3-9/h2-7H,8,17-18H2,1H3. The van der Waals surface area contributed by atoms with Crippen molar-refractivity contribution in [3.8, 4) is 0 Å². The van der Waals surface area contributed by atoms with Gasteiger partial charge in [-0.2, -0.15) is 0 Å². The maximum atomic E-state index is 11.5. The van der Waals surface area contributed by atoms with Crippen LogP contribution in [-0.4, -0.2) is 13.1 Å². The second-order valence-electron chi connectivity index (χ2n) is 4.39. The number of benzene rings is 2. The molecule has 0 aromatic heterocycles. The van der Waals surface area contributed by atoms with E-state index in [2.05, 4.69) is 4.74 Å². The Morgan fingerprint density at radius 2 is 1.75 bits per heavy atom. The summed E-state index contributed by atoms with van der Waals surface area (Å²) in [6.45, 7) is 0. The van der Waals surface area contributed by atoms with Gasteiger partial charge in [0.05, 0.1) is 24.0 Å². The van der Waals surface area contributed by atoms with Gasteiger partial charge >= 0.3 is 5.97 Å². The second kappa shape index (κ2) is 5.84. The van der Waals surface area contributed by atoms with Crippen LogP contribution in [-0.2, 0) is 11.2 Å². The number of methoxy groups -OCH3 is 1. The number of carbonyl (C=O) groups is 1. The van der Waals surface area contributed by atoms with Crippen molar-refractivity contribution in [2.75, 3.05) is 18.6 Å². The van der Waals surface area contributed by atoms with Gasteiger partial charge in [0.2, 0.25) is 0 Å². The number of halogens is 1. The monoisotopic (exact) mass is 290 g/mol. The zero-order valence-electron chi connectivity index (χ0n) is 11.0. The van der Waals surface area contributed by atoms with Crippen LogP contribution in [0.1, 0.15) is 21.5 Å². The van der Waals surface area contributed by atoms with Crippen molar-refractivity contribution in [1.29, 1.82) is 0 Å². The summed E-state index contributed by atoms with van der Waals surface area (Å²) in [4.78, 5) is 11.5. The Morgan fingerprint density at radius 3 is 2.35 bits per heavy atom. The summed E-state index contributed by atoms with van der Waals surface area (Å²) in [7, 11) is 1.31. The van der Waals surface area contributed by atoms with E-state index < -0.39 is 5.97 Å². The zero-order chi connectivity index (χ0) is 14.7. The normalized spacial score (nSPS) is 10.3. The van der Waals surface area contributed by atoms with E-state index in [0.717, 1.165) is 11.1 Å². The predicted molar refractivity (Wildman–Crippen MR) is 80.9 cm³/mol. The van der Waals surface area contributed by atoms with E-state index in [9.17, 15) is 4.79 Å². The van der Waals surface area contributed by atoms with Crippen molar-refractivity contribution in [3.63, 3.8) is 0 Å². The SMILES string of the molecule is COC(=O)c1ccc(Cc2ccc(Cl)cc2)c(N)c1N. The summed E-state index contributed by atoms with van der Waals surface area (Å²) in [5, 5.41) is 0.683. The van der Waals surface area contributed by atoms with E-state index in [1.54, 1.807) is 12.1 Å². The number of rotatable bonds is 3. The smallest absolute Gasteiger partial charge is 0.340 e. The molecule has 0 saturated carbocycles. The molecule has 5 heteroatoms. The number of hydrogen-bond acceptors (Lipinski definition) is 4. The molecule has 0 heterocycles. The van der Waals surface area contributed by atoms with Crippen molar-refractivity contribution in [1.82, 2.24) is 0 Å². The predicted octanol–water partition coefficient (Wildman–Crippen LogP) is 2.88. The number of nitrogens with two attached hydrogens (primary N) is 2. The molecule has 0 radical (unpaired) electrons. The number of anilines is 2. The first-order chi connectivity index (χ1) is 9.52. The zero-order valence-corrected chi connectivity index (χ0v) is 11.8. The highest BCUT2D eigenvalue weighted by molar-refractivity contribution is 6.30. The molecular weight excluding hydrogens is 276 g/mol. The van der Waals surface area contributed by atoms with Crippen LogP contribution in [0.2, 0.25) is 5.02 Å². The fourth-order valence-electron chi connectivity index (χ4n) is 1.95. The van der Waals surface area contributed by atoms with Gasteiger partial charge in [-0.3, -0.25) is 0 Å². The Bertz CT molecular complexity index is 639. The average molecular weight is 291 g/mol. The minimum absolute atomic E-state index is 0.253. The molecular formula is C15H15ClN2O2. The molecule has 4 nitrogen and oxygen atoms in total. The highest BCUT2D eigenvalue weighted by atomic mass is 35.5. The lowest BCUT2D eigenvalue weighted by Crippen LogP contribution is -2.09. The van der Waals surface area contributed by atoms with Crippen molar-refractivity contribution >= 4 is 28.9 Å². The molecule has 0 bridgehead atoms. The molecule has 2 rings (SSSR count). The van der Waals surface area contributed by atoms with Gasteiger partial charge in [0.25, 0.3) is 0 Å². The van der Waals surface area contributed by atoms with Gasteiger partial charge < -0.3 is 16.2 Å². The van der Waals surface area contributed by atoms with Gasteiger partial charge in [-0.15, -0.1) is 0 Å². The van der Waals surface area contributed by atoms with Crippen LogP contribution in [0, 0.1) is 0 Å². The Morgan fingerprint density at radius 1 is 1.10 bits per heavy atom. The Balaban J connectivity index is 2.32. The summed E-state index contributed by atoms with van der Waals surface area (Å²) in [5.74, 6) is -0.493. The van der Waals surface area contributed by atoms with Crippen LogP contribution in [0.3, 0.4) is 0 Å². The molecule has 20 heavy (non-hydrogen) atoms. The van der Waals surface area contributed by atoms with E-state index in [1.165, 1.54) is 7.11 Å². The maximum Gasteiger partial charge on any atom is 0.340 e. The first kappa shape index (κ1) is 14.2. The number of hydrogen-bond donors (Lipinski definition) is 2. The summed E-state index contributed by atoms with van der Waals surface area (Å²) >= 11 is 5.85. The van der Waals surface area contributed by atoms with E-state index in [-0.39, 0.29) is 11.3 Å². The summed E-state index contributed by atoms with van der Waals surface area (Å²) < 4.78 is 4.65. The van der Waals surface area contributed by atoms with Gasteiger partial charge in [-0.1, -0.05) is 29.8 Å². The number of ether oxygens (including phenoxy) is 1. The molecule has 104 valence electrons. The van der Waals surface area contributed by atoms with Crippen molar-refractivity contribution < 1.29 is 9.53 Å². The topological polar surface area (TPSA) is 78.3 Å². The van der Waals surface area contributed by atoms with Gasteiger partial charge in [-0.25, -0.2) is 4.79 Å². The second-order valence-corrected chi connectivity index (χ2v) is 4.83. The average Bonchev–Trinajstić information content (AvgIpc) is 2.45. The largest absolute Gasteiger partial charge is 0.465 e. The van der Waals surface area contributed by atoms with E-state index in [0.29, 0.717) is 17.1 Å². The van der Waals surface area contributed by atoms with Crippen molar-refractivity contribution in [3.05, 3.63) is 58.1 Å². The van der Waals surface area contributed by atoms with E-state index >= 15 is 0 Å². The molecule has 0 saturated heterocycles. The van der Waals surface area contributed by atoms with Gasteiger partial charge in [0, 0.05) is 5.02 Å². The molecule has 0 aliphatic carbocycles. The van der Waals surface area contributed by atoms with Crippen LogP contribution in [0.25, 0.3) is 0 Å². The minimum atomic E-state index is -0.493. The van der Waals surface area contributed by atoms with Gasteiger partial charge in [0.1, 0.15) is 0 Å². The molecule has 2 aromatic rings. The molecule has 0 aliphatic rings. The Labute approximate surface area is 122 Å². The number of carbonyl (C=O) groups excluding carboxylic acids is 1. The van der Waals surface area contributed by atoms with Crippen molar-refractivity contribution in [2.45, 2.75) is 6.42 Å². The van der Waals surface area contributed by atoms with E-state index in [4.69, 9.17) is 23.1 Å². The Kier molecular flexibility index (Phi) is 4.15. The number of esters is 1. The Hall–Kier alpha value is -2.20. The summed E-state index contributed by atoms with van der Waals surface area (Å²) in [6.07, 6.45) is 0.620. The number of nitrogen functional groups attached to an aromatic ring is 2. The lowest BCUT2D eigenvalue weighted by atomic mass is 10.00. The third-order valence-corrected chi connectivity index (χ3v) is 3.34. The van der Waals surface area contributed by atoms with E-state index in [1.807, 2.05) is 24.3 Å². The third kappa shape index (κ3) is 2.86.